The van der Waals surface area contributed by atoms with Gasteiger partial charge in [-0.15, -0.1) is 0 Å². The van der Waals surface area contributed by atoms with Crippen LogP contribution in [0, 0.1) is 5.82 Å². The third-order valence-corrected chi connectivity index (χ3v) is 6.80. The van der Waals surface area contributed by atoms with E-state index in [0.717, 1.165) is 0 Å². The summed E-state index contributed by atoms with van der Waals surface area (Å²) in [6, 6.07) is 9.47. The van der Waals surface area contributed by atoms with E-state index in [0.29, 0.717) is 59.4 Å². The number of amides is 2. The monoisotopic (exact) mass is 554 g/mol. The van der Waals surface area contributed by atoms with Crippen molar-refractivity contribution in [2.24, 2.45) is 0 Å². The first-order chi connectivity index (χ1) is 18.8. The first kappa shape index (κ1) is 26.4. The van der Waals surface area contributed by atoms with Crippen LogP contribution in [0.2, 0.25) is 5.02 Å². The number of ether oxygens (including phenoxy) is 2. The molecule has 2 aromatic heterocycles. The van der Waals surface area contributed by atoms with E-state index in [9.17, 15) is 14.4 Å². The first-order valence-electron chi connectivity index (χ1n) is 12.3. The van der Waals surface area contributed by atoms with Gasteiger partial charge in [0.25, 0.3) is 11.8 Å². The zero-order chi connectivity index (χ0) is 27.5. The highest BCUT2D eigenvalue weighted by atomic mass is 35.5. The van der Waals surface area contributed by atoms with Crippen molar-refractivity contribution >= 4 is 35.1 Å². The van der Waals surface area contributed by atoms with Crippen molar-refractivity contribution in [2.45, 2.75) is 25.3 Å². The fraction of sp³-hybridized carbons (Fsp3) is 0.296. The molecular weight excluding hydrogens is 531 g/mol. The van der Waals surface area contributed by atoms with Crippen molar-refractivity contribution in [3.8, 4) is 22.8 Å². The summed E-state index contributed by atoms with van der Waals surface area (Å²) in [4.78, 5) is 48.0. The summed E-state index contributed by atoms with van der Waals surface area (Å²) in [5.74, 6) is -1.81. The SMILES string of the molecule is O=C(O)CCOc1ccccc1-c1cnc(C(=O)N2CCC(N3C(=O)COc4ncc(Cl)cc43)CC2)c(F)c1. The van der Waals surface area contributed by atoms with E-state index < -0.39 is 17.7 Å². The normalized spacial score (nSPS) is 15.5. The lowest BCUT2D eigenvalue weighted by atomic mass is 10.0. The second-order valence-corrected chi connectivity index (χ2v) is 9.53. The van der Waals surface area contributed by atoms with E-state index in [1.807, 2.05) is 0 Å². The molecule has 1 fully saturated rings. The lowest BCUT2D eigenvalue weighted by Crippen LogP contribution is -2.51. The van der Waals surface area contributed by atoms with E-state index in [1.165, 1.54) is 23.4 Å². The number of hydrogen-bond donors (Lipinski definition) is 1. The molecule has 4 heterocycles. The minimum Gasteiger partial charge on any atom is -0.492 e. The molecule has 0 unspecified atom stereocenters. The number of rotatable bonds is 7. The highest BCUT2D eigenvalue weighted by molar-refractivity contribution is 6.30. The maximum absolute atomic E-state index is 15.1. The molecule has 0 spiro atoms. The summed E-state index contributed by atoms with van der Waals surface area (Å²) in [7, 11) is 0. The minimum absolute atomic E-state index is 0.0417. The summed E-state index contributed by atoms with van der Waals surface area (Å²) in [6.07, 6.45) is 3.62. The molecular formula is C27H24ClFN4O6. The van der Waals surface area contributed by atoms with Crippen LogP contribution < -0.4 is 14.4 Å². The maximum atomic E-state index is 15.1. The fourth-order valence-corrected chi connectivity index (χ4v) is 4.89. The van der Waals surface area contributed by atoms with Gasteiger partial charge in [-0.25, -0.2) is 14.4 Å². The predicted molar refractivity (Wildman–Crippen MR) is 139 cm³/mol. The van der Waals surface area contributed by atoms with Crippen molar-refractivity contribution in [1.29, 1.82) is 0 Å². The minimum atomic E-state index is -0.991. The maximum Gasteiger partial charge on any atom is 0.306 e. The van der Waals surface area contributed by atoms with Gasteiger partial charge in [0.15, 0.2) is 18.1 Å². The van der Waals surface area contributed by atoms with Gasteiger partial charge in [0.05, 0.1) is 18.1 Å². The van der Waals surface area contributed by atoms with Crippen LogP contribution >= 0.6 is 11.6 Å². The molecule has 0 saturated carbocycles. The molecule has 2 amide bonds. The molecule has 1 N–H and O–H groups in total. The van der Waals surface area contributed by atoms with Crippen molar-refractivity contribution < 1.29 is 33.4 Å². The molecule has 0 bridgehead atoms. The van der Waals surface area contributed by atoms with Crippen LogP contribution in [-0.2, 0) is 9.59 Å². The number of halogens is 2. The molecule has 12 heteroatoms. The lowest BCUT2D eigenvalue weighted by molar-refractivity contribution is -0.137. The Morgan fingerprint density at radius 3 is 2.67 bits per heavy atom. The van der Waals surface area contributed by atoms with Gasteiger partial charge < -0.3 is 24.4 Å². The number of anilines is 1. The highest BCUT2D eigenvalue weighted by Crippen LogP contribution is 2.36. The fourth-order valence-electron chi connectivity index (χ4n) is 4.73. The van der Waals surface area contributed by atoms with Gasteiger partial charge >= 0.3 is 5.97 Å². The second-order valence-electron chi connectivity index (χ2n) is 9.10. The van der Waals surface area contributed by atoms with E-state index in [-0.39, 0.29) is 37.3 Å². The molecule has 0 radical (unpaired) electrons. The van der Waals surface area contributed by atoms with Crippen molar-refractivity contribution in [3.63, 3.8) is 0 Å². The number of aromatic nitrogens is 2. The third kappa shape index (κ3) is 5.63. The predicted octanol–water partition coefficient (Wildman–Crippen LogP) is 3.82. The Morgan fingerprint density at radius 1 is 1.15 bits per heavy atom. The number of carbonyl (C=O) groups excluding carboxylic acids is 2. The average molecular weight is 555 g/mol. The Labute approximate surface area is 227 Å². The standard InChI is InChI=1S/C27H24ClFN4O6/c28-17-12-21-26(31-14-17)39-15-23(34)33(21)18-5-8-32(9-6-18)27(37)25-20(29)11-16(13-30-25)19-3-1-2-4-22(19)38-10-7-24(35)36/h1-4,11-14,18H,5-10,15H2,(H,35,36). The van der Waals surface area contributed by atoms with Crippen LogP contribution in [0.25, 0.3) is 11.1 Å². The zero-order valence-electron chi connectivity index (χ0n) is 20.7. The van der Waals surface area contributed by atoms with Gasteiger partial charge in [0, 0.05) is 42.7 Å². The van der Waals surface area contributed by atoms with Crippen LogP contribution in [0.15, 0.2) is 48.8 Å². The molecule has 2 aliphatic rings. The van der Waals surface area contributed by atoms with E-state index in [1.54, 1.807) is 35.2 Å². The second kappa shape index (κ2) is 11.2. The number of aliphatic carboxylic acids is 1. The van der Waals surface area contributed by atoms with Gasteiger partial charge in [-0.2, -0.15) is 0 Å². The summed E-state index contributed by atoms with van der Waals surface area (Å²) < 4.78 is 26.1. The van der Waals surface area contributed by atoms with Gasteiger partial charge in [-0.1, -0.05) is 29.8 Å². The Morgan fingerprint density at radius 2 is 1.92 bits per heavy atom. The number of carboxylic acids is 1. The zero-order valence-corrected chi connectivity index (χ0v) is 21.4. The largest absolute Gasteiger partial charge is 0.492 e. The number of carboxylic acid groups (broad SMARTS) is 1. The van der Waals surface area contributed by atoms with Crippen molar-refractivity contribution in [3.05, 3.63) is 65.3 Å². The topological polar surface area (TPSA) is 122 Å². The van der Waals surface area contributed by atoms with Gasteiger partial charge in [0.2, 0.25) is 5.88 Å². The number of piperidine rings is 1. The van der Waals surface area contributed by atoms with Gasteiger partial charge in [-0.05, 0) is 31.0 Å². The highest BCUT2D eigenvalue weighted by Gasteiger charge is 2.36. The summed E-state index contributed by atoms with van der Waals surface area (Å²) in [5, 5.41) is 9.22. The van der Waals surface area contributed by atoms with Crippen LogP contribution in [0.5, 0.6) is 11.6 Å². The Balaban J connectivity index is 1.27. The molecule has 39 heavy (non-hydrogen) atoms. The molecule has 202 valence electrons. The molecule has 5 rings (SSSR count). The molecule has 1 aromatic carbocycles. The smallest absolute Gasteiger partial charge is 0.306 e. The number of hydrogen-bond acceptors (Lipinski definition) is 7. The molecule has 3 aromatic rings. The molecule has 10 nitrogen and oxygen atoms in total. The van der Waals surface area contributed by atoms with Gasteiger partial charge in [-0.3, -0.25) is 14.4 Å². The Hall–Kier alpha value is -4.25. The Bertz CT molecular complexity index is 1430. The summed E-state index contributed by atoms with van der Waals surface area (Å²) in [6.45, 7) is 0.442. The lowest BCUT2D eigenvalue weighted by Gasteiger charge is -2.40. The molecule has 2 aliphatic heterocycles. The first-order valence-corrected chi connectivity index (χ1v) is 12.7. The van der Waals surface area contributed by atoms with E-state index >= 15 is 4.39 Å². The number of nitrogens with zero attached hydrogens (tertiary/aromatic N) is 4. The molecule has 1 saturated heterocycles. The number of likely N-dealkylation sites (tertiary alicyclic amines) is 1. The number of para-hydroxylation sites is 1. The van der Waals surface area contributed by atoms with Crippen LogP contribution in [0.4, 0.5) is 10.1 Å². The average Bonchev–Trinajstić information content (AvgIpc) is 2.93. The number of pyridine rings is 2. The number of carbonyl (C=O) groups is 3. The van der Waals surface area contributed by atoms with Crippen LogP contribution in [-0.4, -0.2) is 70.1 Å². The van der Waals surface area contributed by atoms with E-state index in [2.05, 4.69) is 9.97 Å². The number of fused-ring (bicyclic) bond motifs is 1. The summed E-state index contributed by atoms with van der Waals surface area (Å²) >= 11 is 6.09. The molecule has 0 aliphatic carbocycles. The quantitative estimate of drug-likeness (QED) is 0.468. The summed E-state index contributed by atoms with van der Waals surface area (Å²) in [5.41, 5.74) is 1.12. The van der Waals surface area contributed by atoms with Gasteiger partial charge in [0.1, 0.15) is 11.4 Å². The van der Waals surface area contributed by atoms with Crippen molar-refractivity contribution in [2.75, 3.05) is 31.2 Å². The molecule has 0 atom stereocenters. The number of benzene rings is 1. The van der Waals surface area contributed by atoms with Crippen LogP contribution in [0.1, 0.15) is 29.8 Å². The Kier molecular flexibility index (Phi) is 7.60. The van der Waals surface area contributed by atoms with Crippen LogP contribution in [0.3, 0.4) is 0 Å². The van der Waals surface area contributed by atoms with E-state index in [4.69, 9.17) is 26.2 Å². The third-order valence-electron chi connectivity index (χ3n) is 6.59. The van der Waals surface area contributed by atoms with Crippen molar-refractivity contribution in [1.82, 2.24) is 14.9 Å².